The molecule has 2 aromatic rings. The van der Waals surface area contributed by atoms with E-state index in [9.17, 15) is 0 Å². The van der Waals surface area contributed by atoms with E-state index in [-0.39, 0.29) is 0 Å². The number of nitrogens with zero attached hydrogens (tertiary/aromatic N) is 1. The number of anilines is 1. The van der Waals surface area contributed by atoms with Crippen LogP contribution in [0, 0.1) is 0 Å². The van der Waals surface area contributed by atoms with Crippen LogP contribution in [0.4, 0.5) is 5.69 Å². The molecule has 0 atom stereocenters. The second kappa shape index (κ2) is 12.8. The van der Waals surface area contributed by atoms with E-state index in [1.54, 1.807) is 18.9 Å². The topological polar surface area (TPSA) is 38.5 Å². The lowest BCUT2D eigenvalue weighted by Gasteiger charge is -2.28. The SMILES string of the molecule is CCC(CC)N(C)c1ccc(Sc2ccc(OC)cc2)cc1.NC1CCCCC1. The third-order valence-corrected chi connectivity index (χ3v) is 6.69. The van der Waals surface area contributed by atoms with Crippen LogP contribution in [0.5, 0.6) is 5.75 Å². The molecule has 1 aliphatic rings. The molecule has 0 amide bonds. The fraction of sp³-hybridized carbons (Fsp3) is 0.520. The zero-order valence-electron chi connectivity index (χ0n) is 18.6. The average molecular weight is 415 g/mol. The normalized spacial score (nSPS) is 14.3. The summed E-state index contributed by atoms with van der Waals surface area (Å²) in [4.78, 5) is 4.86. The largest absolute Gasteiger partial charge is 0.497 e. The van der Waals surface area contributed by atoms with Gasteiger partial charge in [0.05, 0.1) is 7.11 Å². The van der Waals surface area contributed by atoms with Crippen molar-refractivity contribution < 1.29 is 4.74 Å². The molecule has 1 saturated carbocycles. The molecule has 0 aliphatic heterocycles. The Bertz CT molecular complexity index is 677. The van der Waals surface area contributed by atoms with Gasteiger partial charge >= 0.3 is 0 Å². The Labute approximate surface area is 182 Å². The number of ether oxygens (including phenoxy) is 1. The van der Waals surface area contributed by atoms with Gasteiger partial charge in [0.15, 0.2) is 0 Å². The average Bonchev–Trinajstić information content (AvgIpc) is 2.76. The van der Waals surface area contributed by atoms with Crippen molar-refractivity contribution in [3.8, 4) is 5.75 Å². The molecule has 4 heteroatoms. The lowest BCUT2D eigenvalue weighted by molar-refractivity contribution is 0.414. The lowest BCUT2D eigenvalue weighted by Crippen LogP contribution is -2.30. The van der Waals surface area contributed by atoms with Crippen LogP contribution in [0.25, 0.3) is 0 Å². The zero-order chi connectivity index (χ0) is 21.1. The van der Waals surface area contributed by atoms with Gasteiger partial charge in [-0.15, -0.1) is 0 Å². The minimum Gasteiger partial charge on any atom is -0.497 e. The Balaban J connectivity index is 0.000000360. The van der Waals surface area contributed by atoms with E-state index >= 15 is 0 Å². The molecule has 1 fully saturated rings. The van der Waals surface area contributed by atoms with Crippen molar-refractivity contribution in [2.75, 3.05) is 19.1 Å². The molecule has 3 nitrogen and oxygen atoms in total. The highest BCUT2D eigenvalue weighted by Crippen LogP contribution is 2.30. The number of methoxy groups -OCH3 is 1. The van der Waals surface area contributed by atoms with Gasteiger partial charge in [0.25, 0.3) is 0 Å². The molecule has 2 N–H and O–H groups in total. The molecule has 0 unspecified atom stereocenters. The third-order valence-electron chi connectivity index (χ3n) is 5.68. The van der Waals surface area contributed by atoms with E-state index < -0.39 is 0 Å². The minimum absolute atomic E-state index is 0.536. The summed E-state index contributed by atoms with van der Waals surface area (Å²) in [6.07, 6.45) is 9.01. The third kappa shape index (κ3) is 7.94. The van der Waals surface area contributed by atoms with Crippen LogP contribution in [0.15, 0.2) is 58.3 Å². The number of benzene rings is 2. The molecule has 0 radical (unpaired) electrons. The van der Waals surface area contributed by atoms with E-state index in [1.165, 1.54) is 60.4 Å². The van der Waals surface area contributed by atoms with Gasteiger partial charge in [-0.05, 0) is 74.2 Å². The summed E-state index contributed by atoms with van der Waals surface area (Å²) in [5.74, 6) is 0.895. The molecule has 0 saturated heterocycles. The Morgan fingerprint density at radius 2 is 1.45 bits per heavy atom. The van der Waals surface area contributed by atoms with Crippen molar-refractivity contribution in [3.63, 3.8) is 0 Å². The van der Waals surface area contributed by atoms with Gasteiger partial charge < -0.3 is 15.4 Å². The molecule has 1 aliphatic carbocycles. The van der Waals surface area contributed by atoms with Crippen molar-refractivity contribution in [3.05, 3.63) is 48.5 Å². The highest BCUT2D eigenvalue weighted by Gasteiger charge is 2.11. The first-order chi connectivity index (χ1) is 14.1. The first-order valence-electron chi connectivity index (χ1n) is 11.0. The van der Waals surface area contributed by atoms with Crippen LogP contribution in [-0.4, -0.2) is 26.2 Å². The Morgan fingerprint density at radius 1 is 0.931 bits per heavy atom. The summed E-state index contributed by atoms with van der Waals surface area (Å²) in [7, 11) is 3.88. The molecular weight excluding hydrogens is 376 g/mol. The van der Waals surface area contributed by atoms with Crippen molar-refractivity contribution in [1.29, 1.82) is 0 Å². The molecule has 160 valence electrons. The molecule has 0 aromatic heterocycles. The van der Waals surface area contributed by atoms with E-state index in [2.05, 4.69) is 62.2 Å². The second-order valence-corrected chi connectivity index (χ2v) is 8.90. The van der Waals surface area contributed by atoms with Gasteiger partial charge in [0, 0.05) is 34.6 Å². The van der Waals surface area contributed by atoms with Crippen molar-refractivity contribution in [1.82, 2.24) is 0 Å². The monoisotopic (exact) mass is 414 g/mol. The van der Waals surface area contributed by atoms with Crippen molar-refractivity contribution >= 4 is 17.4 Å². The standard InChI is InChI=1S/C19H25NOS.C6H13N/c1-5-15(6-2)20(3)16-7-11-18(12-8-16)22-19-13-9-17(21-4)10-14-19;7-6-4-2-1-3-5-6/h7-15H,5-6H2,1-4H3;6H,1-5,7H2. The fourth-order valence-corrected chi connectivity index (χ4v) is 4.53. The number of nitrogens with two attached hydrogens (primary N) is 1. The molecule has 0 bridgehead atoms. The smallest absolute Gasteiger partial charge is 0.118 e. The molecular formula is C25H38N2OS. The summed E-state index contributed by atoms with van der Waals surface area (Å²) in [5.41, 5.74) is 6.92. The molecule has 0 spiro atoms. The highest BCUT2D eigenvalue weighted by atomic mass is 32.2. The van der Waals surface area contributed by atoms with Crippen LogP contribution < -0.4 is 15.4 Å². The van der Waals surface area contributed by atoms with Gasteiger partial charge in [0.1, 0.15) is 5.75 Å². The predicted octanol–water partition coefficient (Wildman–Crippen LogP) is 6.75. The number of rotatable bonds is 7. The van der Waals surface area contributed by atoms with Crippen LogP contribution in [0.2, 0.25) is 0 Å². The summed E-state index contributed by atoms with van der Waals surface area (Å²) in [6, 6.07) is 18.1. The van der Waals surface area contributed by atoms with Crippen LogP contribution >= 0.6 is 11.8 Å². The van der Waals surface area contributed by atoms with E-state index in [0.717, 1.165) is 5.75 Å². The van der Waals surface area contributed by atoms with Gasteiger partial charge in [-0.25, -0.2) is 0 Å². The Hall–Kier alpha value is -1.65. The molecule has 2 aromatic carbocycles. The summed E-state index contributed by atoms with van der Waals surface area (Å²) >= 11 is 1.77. The zero-order valence-corrected chi connectivity index (χ0v) is 19.4. The van der Waals surface area contributed by atoms with Crippen molar-refractivity contribution in [2.24, 2.45) is 5.73 Å². The van der Waals surface area contributed by atoms with E-state index in [1.807, 2.05) is 12.1 Å². The van der Waals surface area contributed by atoms with Gasteiger partial charge in [-0.3, -0.25) is 0 Å². The second-order valence-electron chi connectivity index (χ2n) is 7.75. The van der Waals surface area contributed by atoms with Crippen LogP contribution in [-0.2, 0) is 0 Å². The molecule has 29 heavy (non-hydrogen) atoms. The quantitative estimate of drug-likeness (QED) is 0.544. The maximum absolute atomic E-state index is 5.63. The summed E-state index contributed by atoms with van der Waals surface area (Å²) in [5, 5.41) is 0. The lowest BCUT2D eigenvalue weighted by atomic mass is 9.97. The van der Waals surface area contributed by atoms with E-state index in [0.29, 0.717) is 12.1 Å². The highest BCUT2D eigenvalue weighted by molar-refractivity contribution is 7.99. The Morgan fingerprint density at radius 3 is 1.86 bits per heavy atom. The van der Waals surface area contributed by atoms with E-state index in [4.69, 9.17) is 10.5 Å². The molecule has 3 rings (SSSR count). The maximum Gasteiger partial charge on any atom is 0.118 e. The first-order valence-corrected chi connectivity index (χ1v) is 11.8. The minimum atomic E-state index is 0.536. The van der Waals surface area contributed by atoms with Crippen molar-refractivity contribution in [2.45, 2.75) is 80.7 Å². The van der Waals surface area contributed by atoms with Gasteiger partial charge in [-0.1, -0.05) is 44.9 Å². The first kappa shape index (κ1) is 23.6. The summed E-state index contributed by atoms with van der Waals surface area (Å²) in [6.45, 7) is 4.50. The van der Waals surface area contributed by atoms with Gasteiger partial charge in [0.2, 0.25) is 0 Å². The van der Waals surface area contributed by atoms with Gasteiger partial charge in [-0.2, -0.15) is 0 Å². The Kier molecular flexibility index (Phi) is 10.4. The van der Waals surface area contributed by atoms with Crippen LogP contribution in [0.1, 0.15) is 58.8 Å². The number of hydrogen-bond donors (Lipinski definition) is 1. The maximum atomic E-state index is 5.63. The van der Waals surface area contributed by atoms with Crippen LogP contribution in [0.3, 0.4) is 0 Å². The fourth-order valence-electron chi connectivity index (χ4n) is 3.71. The predicted molar refractivity (Wildman–Crippen MR) is 127 cm³/mol. The summed E-state index contributed by atoms with van der Waals surface area (Å²) < 4.78 is 5.19. The number of hydrogen-bond acceptors (Lipinski definition) is 4. The molecule has 0 heterocycles.